The Morgan fingerprint density at radius 2 is 1.94 bits per heavy atom. The maximum atomic E-state index is 5.45. The minimum atomic E-state index is 0.522. The van der Waals surface area contributed by atoms with E-state index in [-0.39, 0.29) is 0 Å². The highest BCUT2D eigenvalue weighted by molar-refractivity contribution is 7.99. The first kappa shape index (κ1) is 11.5. The van der Waals surface area contributed by atoms with Crippen LogP contribution in [0.5, 0.6) is 0 Å². The maximum absolute atomic E-state index is 5.45. The van der Waals surface area contributed by atoms with Crippen molar-refractivity contribution < 1.29 is 0 Å². The van der Waals surface area contributed by atoms with Gasteiger partial charge in [-0.15, -0.1) is 0 Å². The SMILES string of the molecule is NNc1cc(Sc2ccccc2)nc(C2CC2)n1. The van der Waals surface area contributed by atoms with E-state index < -0.39 is 0 Å². The summed E-state index contributed by atoms with van der Waals surface area (Å²) in [5, 5.41) is 0.936. The van der Waals surface area contributed by atoms with Crippen LogP contribution in [0.15, 0.2) is 46.3 Å². The fourth-order valence-corrected chi connectivity index (χ4v) is 2.55. The minimum absolute atomic E-state index is 0.522. The molecule has 0 aliphatic heterocycles. The Balaban J connectivity index is 1.88. The molecule has 1 aromatic heterocycles. The zero-order chi connectivity index (χ0) is 12.4. The van der Waals surface area contributed by atoms with Crippen molar-refractivity contribution in [1.29, 1.82) is 0 Å². The van der Waals surface area contributed by atoms with Crippen LogP contribution in [0.3, 0.4) is 0 Å². The summed E-state index contributed by atoms with van der Waals surface area (Å²) >= 11 is 1.63. The van der Waals surface area contributed by atoms with Crippen molar-refractivity contribution in [2.75, 3.05) is 5.43 Å². The number of nitrogens with two attached hydrogens (primary N) is 1. The summed E-state index contributed by atoms with van der Waals surface area (Å²) < 4.78 is 0. The zero-order valence-corrected chi connectivity index (χ0v) is 10.7. The fraction of sp³-hybridized carbons (Fsp3) is 0.231. The highest BCUT2D eigenvalue weighted by atomic mass is 32.2. The third-order valence-electron chi connectivity index (χ3n) is 2.78. The van der Waals surface area contributed by atoms with Crippen molar-refractivity contribution in [3.05, 3.63) is 42.2 Å². The molecule has 0 atom stereocenters. The summed E-state index contributed by atoms with van der Waals surface area (Å²) in [6.45, 7) is 0. The standard InChI is InChI=1S/C13H14N4S/c14-17-11-8-12(16-13(15-11)9-6-7-9)18-10-4-2-1-3-5-10/h1-5,8-9H,6-7,14H2,(H,15,16,17). The van der Waals surface area contributed by atoms with Gasteiger partial charge in [-0.05, 0) is 25.0 Å². The molecule has 1 heterocycles. The topological polar surface area (TPSA) is 63.8 Å². The summed E-state index contributed by atoms with van der Waals surface area (Å²) in [5.41, 5.74) is 2.61. The average Bonchev–Trinajstić information content (AvgIpc) is 3.24. The molecule has 0 saturated heterocycles. The summed E-state index contributed by atoms with van der Waals surface area (Å²) in [4.78, 5) is 10.2. The molecule has 18 heavy (non-hydrogen) atoms. The van der Waals surface area contributed by atoms with Gasteiger partial charge in [0.05, 0.1) is 0 Å². The molecule has 3 N–H and O–H groups in total. The Labute approximate surface area is 110 Å². The molecule has 2 aromatic rings. The van der Waals surface area contributed by atoms with Crippen molar-refractivity contribution in [3.8, 4) is 0 Å². The van der Waals surface area contributed by atoms with E-state index in [0.717, 1.165) is 10.9 Å². The van der Waals surface area contributed by atoms with Crippen LogP contribution < -0.4 is 11.3 Å². The van der Waals surface area contributed by atoms with Crippen molar-refractivity contribution in [2.24, 2.45) is 5.84 Å². The van der Waals surface area contributed by atoms with E-state index in [9.17, 15) is 0 Å². The molecule has 0 bridgehead atoms. The predicted molar refractivity (Wildman–Crippen MR) is 72.4 cm³/mol. The highest BCUT2D eigenvalue weighted by Crippen LogP contribution is 2.39. The molecule has 0 radical (unpaired) electrons. The number of nitrogens with one attached hydrogen (secondary N) is 1. The number of rotatable bonds is 4. The van der Waals surface area contributed by atoms with Gasteiger partial charge in [0.1, 0.15) is 16.7 Å². The number of nitrogen functional groups attached to an aromatic ring is 1. The Kier molecular flexibility index (Phi) is 3.17. The Hall–Kier alpha value is -1.59. The number of benzene rings is 1. The Bertz CT molecular complexity index is 540. The van der Waals surface area contributed by atoms with E-state index in [1.165, 1.54) is 17.7 Å². The van der Waals surface area contributed by atoms with Crippen LogP contribution in [0.2, 0.25) is 0 Å². The van der Waals surface area contributed by atoms with Gasteiger partial charge in [-0.3, -0.25) is 0 Å². The monoisotopic (exact) mass is 258 g/mol. The van der Waals surface area contributed by atoms with E-state index in [1.807, 2.05) is 24.3 Å². The molecule has 5 heteroatoms. The summed E-state index contributed by atoms with van der Waals surface area (Å²) in [6, 6.07) is 12.1. The van der Waals surface area contributed by atoms with E-state index in [4.69, 9.17) is 5.84 Å². The normalized spacial score (nSPS) is 14.5. The summed E-state index contributed by atoms with van der Waals surface area (Å²) in [6.07, 6.45) is 2.37. The van der Waals surface area contributed by atoms with Crippen molar-refractivity contribution >= 4 is 17.6 Å². The number of hydrogen-bond donors (Lipinski definition) is 2. The van der Waals surface area contributed by atoms with Gasteiger partial charge >= 0.3 is 0 Å². The van der Waals surface area contributed by atoms with Crippen LogP contribution in [0.25, 0.3) is 0 Å². The first-order valence-electron chi connectivity index (χ1n) is 5.93. The van der Waals surface area contributed by atoms with Gasteiger partial charge < -0.3 is 5.43 Å². The molecule has 1 fully saturated rings. The summed E-state index contributed by atoms with van der Waals surface area (Å²) in [5.74, 6) is 7.57. The molecule has 0 spiro atoms. The quantitative estimate of drug-likeness (QED) is 0.501. The molecule has 0 amide bonds. The Morgan fingerprint density at radius 3 is 2.61 bits per heavy atom. The van der Waals surface area contributed by atoms with Crippen LogP contribution in [-0.4, -0.2) is 9.97 Å². The molecule has 4 nitrogen and oxygen atoms in total. The lowest BCUT2D eigenvalue weighted by atomic mass is 10.4. The minimum Gasteiger partial charge on any atom is -0.308 e. The smallest absolute Gasteiger partial charge is 0.144 e. The van der Waals surface area contributed by atoms with Gasteiger partial charge in [0, 0.05) is 16.9 Å². The van der Waals surface area contributed by atoms with Gasteiger partial charge in [-0.2, -0.15) is 0 Å². The Morgan fingerprint density at radius 1 is 1.17 bits per heavy atom. The molecular formula is C13H14N4S. The number of hydrazine groups is 1. The third kappa shape index (κ3) is 2.63. The van der Waals surface area contributed by atoms with Gasteiger partial charge in [0.25, 0.3) is 0 Å². The third-order valence-corrected chi connectivity index (χ3v) is 3.70. The molecule has 1 aromatic carbocycles. The van der Waals surface area contributed by atoms with Gasteiger partial charge in [-0.1, -0.05) is 30.0 Å². The molecule has 1 aliphatic rings. The number of aromatic nitrogens is 2. The highest BCUT2D eigenvalue weighted by Gasteiger charge is 2.27. The van der Waals surface area contributed by atoms with E-state index in [1.54, 1.807) is 11.8 Å². The second-order valence-corrected chi connectivity index (χ2v) is 5.38. The molecular weight excluding hydrogens is 244 g/mol. The lowest BCUT2D eigenvalue weighted by molar-refractivity contribution is 0.878. The number of hydrogen-bond acceptors (Lipinski definition) is 5. The largest absolute Gasteiger partial charge is 0.308 e. The van der Waals surface area contributed by atoms with Crippen molar-refractivity contribution in [3.63, 3.8) is 0 Å². The number of nitrogens with zero attached hydrogens (tertiary/aromatic N) is 2. The molecule has 1 aliphatic carbocycles. The van der Waals surface area contributed by atoms with Gasteiger partial charge in [-0.25, -0.2) is 15.8 Å². The van der Waals surface area contributed by atoms with Crippen LogP contribution in [0.4, 0.5) is 5.82 Å². The second kappa shape index (κ2) is 4.96. The predicted octanol–water partition coefficient (Wildman–Crippen LogP) is 2.79. The van der Waals surface area contributed by atoms with Gasteiger partial charge in [0.15, 0.2) is 0 Å². The average molecular weight is 258 g/mol. The molecule has 92 valence electrons. The first-order chi connectivity index (χ1) is 8.85. The maximum Gasteiger partial charge on any atom is 0.144 e. The van der Waals surface area contributed by atoms with Crippen molar-refractivity contribution in [1.82, 2.24) is 9.97 Å². The number of anilines is 1. The fourth-order valence-electron chi connectivity index (χ4n) is 1.70. The molecule has 1 saturated carbocycles. The van der Waals surface area contributed by atoms with Crippen LogP contribution in [0, 0.1) is 0 Å². The van der Waals surface area contributed by atoms with Crippen molar-refractivity contribution in [2.45, 2.75) is 28.7 Å². The molecule has 3 rings (SSSR count). The second-order valence-electron chi connectivity index (χ2n) is 4.28. The van der Waals surface area contributed by atoms with Crippen LogP contribution in [-0.2, 0) is 0 Å². The van der Waals surface area contributed by atoms with Crippen LogP contribution >= 0.6 is 11.8 Å². The van der Waals surface area contributed by atoms with E-state index in [0.29, 0.717) is 11.7 Å². The van der Waals surface area contributed by atoms with E-state index in [2.05, 4.69) is 27.5 Å². The molecule has 0 unspecified atom stereocenters. The lowest BCUT2D eigenvalue weighted by Crippen LogP contribution is -2.10. The first-order valence-corrected chi connectivity index (χ1v) is 6.75. The van der Waals surface area contributed by atoms with Gasteiger partial charge in [0.2, 0.25) is 0 Å². The summed E-state index contributed by atoms with van der Waals surface area (Å²) in [7, 11) is 0. The van der Waals surface area contributed by atoms with E-state index >= 15 is 0 Å². The zero-order valence-electron chi connectivity index (χ0n) is 9.84. The lowest BCUT2D eigenvalue weighted by Gasteiger charge is -2.06. The van der Waals surface area contributed by atoms with Crippen LogP contribution in [0.1, 0.15) is 24.6 Å².